The number of anilines is 1. The lowest BCUT2D eigenvalue weighted by Crippen LogP contribution is -2.15. The highest BCUT2D eigenvalue weighted by Gasteiger charge is 2.16. The molecule has 28 heavy (non-hydrogen) atoms. The minimum absolute atomic E-state index is 0.114. The van der Waals surface area contributed by atoms with Crippen LogP contribution in [-0.4, -0.2) is 17.1 Å². The van der Waals surface area contributed by atoms with Crippen molar-refractivity contribution in [1.29, 1.82) is 0 Å². The third kappa shape index (κ3) is 4.58. The second-order valence-electron chi connectivity index (χ2n) is 6.05. The Morgan fingerprint density at radius 1 is 1.21 bits per heavy atom. The van der Waals surface area contributed by atoms with Crippen molar-refractivity contribution in [3.63, 3.8) is 0 Å². The predicted octanol–water partition coefficient (Wildman–Crippen LogP) is 4.99. The number of aromatic nitrogens is 1. The smallest absolute Gasteiger partial charge is 0.221 e. The lowest BCUT2D eigenvalue weighted by Gasteiger charge is -2.09. The molecule has 0 bridgehead atoms. The van der Waals surface area contributed by atoms with Crippen LogP contribution in [0.5, 0.6) is 5.75 Å². The zero-order chi connectivity index (χ0) is 19.9. The Morgan fingerprint density at radius 3 is 2.54 bits per heavy atom. The van der Waals surface area contributed by atoms with Gasteiger partial charge in [-0.05, 0) is 31.2 Å². The third-order valence-electron chi connectivity index (χ3n) is 3.93. The van der Waals surface area contributed by atoms with Gasteiger partial charge in [-0.3, -0.25) is 4.79 Å². The van der Waals surface area contributed by atoms with Crippen LogP contribution in [0.2, 0.25) is 0 Å². The number of rotatable bonds is 7. The minimum Gasteiger partial charge on any atom is -0.494 e. The maximum absolute atomic E-state index is 11.8. The Kier molecular flexibility index (Phi) is 6.45. The summed E-state index contributed by atoms with van der Waals surface area (Å²) in [6.07, 6.45) is 1.83. The van der Waals surface area contributed by atoms with Crippen LogP contribution in [0.3, 0.4) is 0 Å². The van der Waals surface area contributed by atoms with E-state index in [-0.39, 0.29) is 5.91 Å². The molecular weight excluding hydrogens is 370 g/mol. The monoisotopic (exact) mass is 393 g/mol. The van der Waals surface area contributed by atoms with E-state index < -0.39 is 0 Å². The maximum Gasteiger partial charge on any atom is 0.221 e. The van der Waals surface area contributed by atoms with Gasteiger partial charge < -0.3 is 14.6 Å². The van der Waals surface area contributed by atoms with Crippen LogP contribution < -0.4 is 14.9 Å². The van der Waals surface area contributed by atoms with E-state index in [2.05, 4.69) is 16.5 Å². The van der Waals surface area contributed by atoms with Crippen LogP contribution in [0.4, 0.5) is 10.7 Å². The molecule has 0 aliphatic heterocycles. The number of ether oxygens (including phenoxy) is 1. The fourth-order valence-corrected chi connectivity index (χ4v) is 3.95. The first kappa shape index (κ1) is 19.6. The molecule has 5 nitrogen and oxygen atoms in total. The van der Waals surface area contributed by atoms with E-state index in [0.717, 1.165) is 32.5 Å². The number of nitrogens with zero attached hydrogens (tertiary/aromatic N) is 2. The molecule has 6 heteroatoms. The largest absolute Gasteiger partial charge is 0.494 e. The molecule has 0 atom stereocenters. The van der Waals surface area contributed by atoms with Crippen molar-refractivity contribution >= 4 is 27.9 Å². The molecule has 1 aromatic heterocycles. The lowest BCUT2D eigenvalue weighted by molar-refractivity contribution is -0.114. The van der Waals surface area contributed by atoms with E-state index in [1.54, 1.807) is 0 Å². The van der Waals surface area contributed by atoms with Crippen LogP contribution in [0.25, 0.3) is 11.3 Å². The first-order valence-corrected chi connectivity index (χ1v) is 9.89. The fraction of sp³-hybridized carbons (Fsp3) is 0.182. The van der Waals surface area contributed by atoms with Crippen LogP contribution in [0.15, 0.2) is 72.2 Å². The van der Waals surface area contributed by atoms with Crippen LogP contribution in [0, 0.1) is 0 Å². The zero-order valence-electron chi connectivity index (χ0n) is 16.0. The molecular formula is C22H23N3O2S. The standard InChI is InChI=1S/C22H23N3O2S/c1-4-15-25-20(17-9-7-6-8-10-17)21(23-16(3)26)28-22(25)24-18-11-13-19(14-12-18)27-5-2/h4,6-14H,1,5,15H2,2-3H3,(H,23,26). The van der Waals surface area contributed by atoms with Gasteiger partial charge >= 0.3 is 0 Å². The molecule has 2 aromatic carbocycles. The van der Waals surface area contributed by atoms with Crippen molar-refractivity contribution < 1.29 is 9.53 Å². The first-order chi connectivity index (χ1) is 13.6. The zero-order valence-corrected chi connectivity index (χ0v) is 16.8. The Morgan fingerprint density at radius 2 is 1.93 bits per heavy atom. The highest BCUT2D eigenvalue weighted by atomic mass is 32.1. The van der Waals surface area contributed by atoms with E-state index in [1.165, 1.54) is 18.3 Å². The van der Waals surface area contributed by atoms with Gasteiger partial charge in [-0.1, -0.05) is 47.7 Å². The molecule has 0 saturated heterocycles. The van der Waals surface area contributed by atoms with Crippen LogP contribution >= 0.6 is 11.3 Å². The molecule has 1 heterocycles. The fourth-order valence-electron chi connectivity index (χ4n) is 2.82. The van der Waals surface area contributed by atoms with Gasteiger partial charge in [0.05, 0.1) is 18.0 Å². The highest BCUT2D eigenvalue weighted by molar-refractivity contribution is 7.14. The number of carbonyl (C=O) groups is 1. The van der Waals surface area contributed by atoms with Gasteiger partial charge in [0, 0.05) is 19.0 Å². The van der Waals surface area contributed by atoms with E-state index >= 15 is 0 Å². The average Bonchev–Trinajstić information content (AvgIpc) is 3.00. The van der Waals surface area contributed by atoms with E-state index in [0.29, 0.717) is 13.2 Å². The number of hydrogen-bond acceptors (Lipinski definition) is 4. The number of benzene rings is 2. The topological polar surface area (TPSA) is 55.6 Å². The normalized spacial score (nSPS) is 11.3. The minimum atomic E-state index is -0.114. The molecule has 0 saturated carbocycles. The number of carbonyl (C=O) groups excluding carboxylic acids is 1. The molecule has 3 rings (SSSR count). The molecule has 0 spiro atoms. The summed E-state index contributed by atoms with van der Waals surface area (Å²) in [5.74, 6) is 0.701. The van der Waals surface area contributed by atoms with Gasteiger partial charge in [0.25, 0.3) is 0 Å². The van der Waals surface area contributed by atoms with Crippen LogP contribution in [-0.2, 0) is 11.3 Å². The first-order valence-electron chi connectivity index (χ1n) is 9.07. The van der Waals surface area contributed by atoms with E-state index in [9.17, 15) is 4.79 Å². The third-order valence-corrected chi connectivity index (χ3v) is 4.92. The van der Waals surface area contributed by atoms with Gasteiger partial charge in [0.2, 0.25) is 5.91 Å². The molecule has 0 aliphatic carbocycles. The SMILES string of the molecule is C=CCn1c(-c2ccccc2)c(NC(C)=O)sc1=Nc1ccc(OCC)cc1. The molecule has 3 aromatic rings. The lowest BCUT2D eigenvalue weighted by atomic mass is 10.1. The molecule has 0 unspecified atom stereocenters. The molecule has 144 valence electrons. The molecule has 0 fully saturated rings. The Hall–Kier alpha value is -3.12. The summed E-state index contributed by atoms with van der Waals surface area (Å²) in [6.45, 7) is 8.55. The molecule has 0 aliphatic rings. The van der Waals surface area contributed by atoms with Crippen LogP contribution in [0.1, 0.15) is 13.8 Å². The van der Waals surface area contributed by atoms with Crippen molar-refractivity contribution in [2.75, 3.05) is 11.9 Å². The van der Waals surface area contributed by atoms with Gasteiger partial charge in [0.1, 0.15) is 10.8 Å². The van der Waals surface area contributed by atoms with E-state index in [4.69, 9.17) is 9.73 Å². The second kappa shape index (κ2) is 9.19. The van der Waals surface area contributed by atoms with Gasteiger partial charge in [-0.15, -0.1) is 6.58 Å². The summed E-state index contributed by atoms with van der Waals surface area (Å²) in [6, 6.07) is 17.6. The summed E-state index contributed by atoms with van der Waals surface area (Å²) >= 11 is 1.44. The summed E-state index contributed by atoms with van der Waals surface area (Å²) < 4.78 is 7.56. The van der Waals surface area contributed by atoms with Crippen molar-refractivity contribution in [3.05, 3.63) is 72.1 Å². The quantitative estimate of drug-likeness (QED) is 0.575. The molecule has 1 amide bonds. The summed E-state index contributed by atoms with van der Waals surface area (Å²) in [4.78, 5) is 17.3. The number of amides is 1. The second-order valence-corrected chi connectivity index (χ2v) is 7.03. The molecule has 1 N–H and O–H groups in total. The summed E-state index contributed by atoms with van der Waals surface area (Å²) in [5, 5.41) is 3.72. The predicted molar refractivity (Wildman–Crippen MR) is 115 cm³/mol. The van der Waals surface area contributed by atoms with Gasteiger partial charge in [-0.25, -0.2) is 4.99 Å². The summed E-state index contributed by atoms with van der Waals surface area (Å²) in [7, 11) is 0. The number of nitrogens with one attached hydrogen (secondary N) is 1. The average molecular weight is 394 g/mol. The maximum atomic E-state index is 11.8. The Labute approximate surface area is 168 Å². The van der Waals surface area contributed by atoms with Gasteiger partial charge in [0.15, 0.2) is 4.80 Å². The number of allylic oxidation sites excluding steroid dienone is 1. The van der Waals surface area contributed by atoms with Crippen molar-refractivity contribution in [3.8, 4) is 17.0 Å². The van der Waals surface area contributed by atoms with Crippen molar-refractivity contribution in [2.24, 2.45) is 4.99 Å². The van der Waals surface area contributed by atoms with E-state index in [1.807, 2.05) is 67.6 Å². The Bertz CT molecular complexity index is 1020. The number of hydrogen-bond donors (Lipinski definition) is 1. The van der Waals surface area contributed by atoms with Crippen molar-refractivity contribution in [1.82, 2.24) is 4.57 Å². The van der Waals surface area contributed by atoms with Crippen molar-refractivity contribution in [2.45, 2.75) is 20.4 Å². The Balaban J connectivity index is 2.16. The summed E-state index contributed by atoms with van der Waals surface area (Å²) in [5.41, 5.74) is 2.75. The number of thiazole rings is 1. The van der Waals surface area contributed by atoms with Gasteiger partial charge in [-0.2, -0.15) is 0 Å². The molecule has 0 radical (unpaired) electrons. The highest BCUT2D eigenvalue weighted by Crippen LogP contribution is 2.31.